The largest absolute Gasteiger partial charge is 0.497 e. The highest BCUT2D eigenvalue weighted by Crippen LogP contribution is 2.38. The summed E-state index contributed by atoms with van der Waals surface area (Å²) in [6.45, 7) is 12.4. The molecule has 0 aliphatic carbocycles. The van der Waals surface area contributed by atoms with Gasteiger partial charge in [-0.1, -0.05) is 30.2 Å². The van der Waals surface area contributed by atoms with Crippen LogP contribution in [0.2, 0.25) is 0 Å². The summed E-state index contributed by atoms with van der Waals surface area (Å²) in [5.74, 6) is 1.73. The summed E-state index contributed by atoms with van der Waals surface area (Å²) in [6.07, 6.45) is 13.4. The maximum absolute atomic E-state index is 16.4. The van der Waals surface area contributed by atoms with Crippen LogP contribution in [0.15, 0.2) is 73.3 Å². The van der Waals surface area contributed by atoms with E-state index in [1.165, 1.54) is 70.8 Å². The van der Waals surface area contributed by atoms with Gasteiger partial charge in [0.25, 0.3) is 12.2 Å². The molecule has 4 aromatic rings. The van der Waals surface area contributed by atoms with Gasteiger partial charge in [-0.15, -0.1) is 6.42 Å². The van der Waals surface area contributed by atoms with Gasteiger partial charge in [-0.2, -0.15) is 0 Å². The lowest BCUT2D eigenvalue weighted by Gasteiger charge is -2.42. The van der Waals surface area contributed by atoms with Crippen LogP contribution in [-0.2, 0) is 19.0 Å². The van der Waals surface area contributed by atoms with Crippen LogP contribution in [0.5, 0.6) is 5.75 Å². The highest BCUT2D eigenvalue weighted by molar-refractivity contribution is 6.04. The number of nitrogens with one attached hydrogen (secondary N) is 2. The summed E-state index contributed by atoms with van der Waals surface area (Å²) >= 11 is 0. The first-order valence-electron chi connectivity index (χ1n) is 21.4. The number of anilines is 1. The second kappa shape index (κ2) is 20.8. The summed E-state index contributed by atoms with van der Waals surface area (Å²) in [4.78, 5) is 43.2. The van der Waals surface area contributed by atoms with E-state index in [1.807, 2.05) is 25.7 Å². The van der Waals surface area contributed by atoms with E-state index < -0.39 is 22.2 Å². The number of ether oxygens (including phenoxy) is 4. The van der Waals surface area contributed by atoms with Crippen LogP contribution in [0, 0.1) is 39.5 Å². The monoisotopic (exact) mass is 895 g/mol. The normalized spacial score (nSPS) is 19.7. The smallest absolute Gasteiger partial charge is 0.410 e. The van der Waals surface area contributed by atoms with Gasteiger partial charge in [-0.05, 0) is 96.0 Å². The number of piperazine rings is 1. The fourth-order valence-electron chi connectivity index (χ4n) is 8.96. The Labute approximate surface area is 377 Å². The number of carbonyl (C=O) groups excluding carboxylic acids is 2. The van der Waals surface area contributed by atoms with Crippen LogP contribution < -0.4 is 10.1 Å². The number of hydrogen-bond donors (Lipinski definition) is 2. The number of aromatic nitrogens is 1. The Balaban J connectivity index is 0.000000245. The number of benzene rings is 3. The van der Waals surface area contributed by atoms with Crippen LogP contribution in [0.25, 0.3) is 22.0 Å². The minimum atomic E-state index is -0.773. The van der Waals surface area contributed by atoms with Crippen molar-refractivity contribution in [3.05, 3.63) is 106 Å². The third-order valence-electron chi connectivity index (χ3n) is 11.9. The van der Waals surface area contributed by atoms with Crippen LogP contribution in [-0.4, -0.2) is 113 Å². The molecule has 2 bridgehead atoms. The van der Waals surface area contributed by atoms with Crippen molar-refractivity contribution >= 4 is 40.5 Å². The fraction of sp³-hybridized carbons (Fsp3) is 0.417. The number of pyridine rings is 1. The molecule has 15 nitrogen and oxygen atoms in total. The quantitative estimate of drug-likeness (QED) is 0.0296. The van der Waals surface area contributed by atoms with Gasteiger partial charge in [0.15, 0.2) is 11.7 Å². The first-order valence-corrected chi connectivity index (χ1v) is 21.4. The third-order valence-corrected chi connectivity index (χ3v) is 11.9. The predicted octanol–water partition coefficient (Wildman–Crippen LogP) is 8.49. The van der Waals surface area contributed by atoms with Crippen molar-refractivity contribution in [2.45, 2.75) is 89.1 Å². The van der Waals surface area contributed by atoms with Crippen LogP contribution in [0.3, 0.4) is 0 Å². The molecule has 17 heteroatoms. The van der Waals surface area contributed by atoms with Gasteiger partial charge in [0, 0.05) is 54.5 Å². The molecule has 0 spiro atoms. The van der Waals surface area contributed by atoms with Crippen molar-refractivity contribution in [2.75, 3.05) is 45.8 Å². The average Bonchev–Trinajstić information content (AvgIpc) is 3.99. The molecule has 4 unspecified atom stereocenters. The van der Waals surface area contributed by atoms with Crippen molar-refractivity contribution in [1.29, 1.82) is 5.41 Å². The van der Waals surface area contributed by atoms with Gasteiger partial charge in [-0.3, -0.25) is 35.1 Å². The number of amides is 1. The second-order valence-electron chi connectivity index (χ2n) is 17.1. The van der Waals surface area contributed by atoms with Gasteiger partial charge in [0.2, 0.25) is 0 Å². The molecule has 4 saturated heterocycles. The van der Waals surface area contributed by atoms with Crippen LogP contribution in [0.1, 0.15) is 70.4 Å². The van der Waals surface area contributed by atoms with Crippen LogP contribution in [0.4, 0.5) is 25.0 Å². The number of amidine groups is 1. The van der Waals surface area contributed by atoms with Gasteiger partial charge < -0.3 is 29.2 Å². The molecule has 4 aliphatic rings. The first kappa shape index (κ1) is 47.7. The molecule has 65 heavy (non-hydrogen) atoms. The van der Waals surface area contributed by atoms with Crippen molar-refractivity contribution in [2.24, 2.45) is 0 Å². The molecule has 344 valence electrons. The van der Waals surface area contributed by atoms with E-state index in [0.29, 0.717) is 54.3 Å². The van der Waals surface area contributed by atoms with Gasteiger partial charge in [0.1, 0.15) is 35.3 Å². The van der Waals surface area contributed by atoms with Crippen molar-refractivity contribution in [3.8, 4) is 29.4 Å². The molecular weight excluding hydrogens is 841 g/mol. The molecule has 4 fully saturated rings. The molecule has 0 saturated carbocycles. The van der Waals surface area contributed by atoms with Crippen LogP contribution >= 0.6 is 0 Å². The molecule has 1 aromatic heterocycles. The minimum absolute atomic E-state index is 0.00950. The number of fused-ring (bicyclic) bond motifs is 4. The summed E-state index contributed by atoms with van der Waals surface area (Å²) in [5.41, 5.74) is -0.170. The molecule has 0 radical (unpaired) electrons. The fourth-order valence-corrected chi connectivity index (χ4v) is 8.96. The first-order chi connectivity index (χ1) is 31.1. The van der Waals surface area contributed by atoms with Crippen molar-refractivity contribution < 1.29 is 42.2 Å². The maximum Gasteiger partial charge on any atom is 0.410 e. The standard InChI is InChI=1S/C32H33F2N5O3.C9H15NO2.C7H7NO3/c1-7-22-25(33)14-11-19-9-8-10-23(26(19)22)28-27(34)29(37-18(2)41-6)24(15-36-28)30(35)38-16-20-12-13-21(17-38)39(20)31(40)42-32(3,4)5;11-7-12-6-9-4-3-8-2-1-5-10(8)9;1-11-7-4-2-6(3-5-7)8(9)10/h1,8-11,14-15,20-21,35H,2,12-13,16-17H2,3-6H3,(H,36,37);7-9H,1-6H2;2-5H,1H3. The Kier molecular flexibility index (Phi) is 15.3. The topological polar surface area (TPSA) is 173 Å². The zero-order valence-corrected chi connectivity index (χ0v) is 37.3. The molecular formula is C48H55F2N7O8. The Morgan fingerprint density at radius 3 is 2.35 bits per heavy atom. The Morgan fingerprint density at radius 1 is 1.05 bits per heavy atom. The van der Waals surface area contributed by atoms with Crippen molar-refractivity contribution in [1.82, 2.24) is 19.7 Å². The summed E-state index contributed by atoms with van der Waals surface area (Å²) in [7, 11) is 2.90. The van der Waals surface area contributed by atoms with E-state index in [9.17, 15) is 24.1 Å². The molecule has 1 amide bonds. The highest BCUT2D eigenvalue weighted by atomic mass is 19.1. The van der Waals surface area contributed by atoms with Crippen molar-refractivity contribution in [3.63, 3.8) is 0 Å². The molecule has 4 atom stereocenters. The number of carbonyl (C=O) groups is 2. The second-order valence-corrected chi connectivity index (χ2v) is 17.1. The number of methoxy groups -OCH3 is 2. The number of nitrogens with zero attached hydrogens (tertiary/aromatic N) is 5. The van der Waals surface area contributed by atoms with E-state index in [-0.39, 0.29) is 58.1 Å². The number of nitro groups is 1. The molecule has 3 aromatic carbocycles. The zero-order valence-electron chi connectivity index (χ0n) is 37.3. The maximum atomic E-state index is 16.4. The Hall–Kier alpha value is -6.80. The third kappa shape index (κ3) is 10.9. The van der Waals surface area contributed by atoms with E-state index in [4.69, 9.17) is 30.8 Å². The summed E-state index contributed by atoms with van der Waals surface area (Å²) in [6, 6.07) is 14.9. The average molecular weight is 896 g/mol. The highest BCUT2D eigenvalue weighted by Gasteiger charge is 2.45. The number of likely N-dealkylation sites (tertiary alicyclic amines) is 1. The number of rotatable bonds is 10. The van der Waals surface area contributed by atoms with E-state index >= 15 is 4.39 Å². The molecule has 4 aliphatic heterocycles. The summed E-state index contributed by atoms with van der Waals surface area (Å²) < 4.78 is 51.5. The van der Waals surface area contributed by atoms with Gasteiger partial charge in [-0.25, -0.2) is 13.6 Å². The molecule has 5 heterocycles. The molecule has 8 rings (SSSR count). The number of non-ortho nitro benzene ring substituents is 1. The number of halogens is 2. The van der Waals surface area contributed by atoms with Gasteiger partial charge >= 0.3 is 6.09 Å². The predicted molar refractivity (Wildman–Crippen MR) is 243 cm³/mol. The number of nitro benzene ring substituents is 1. The van der Waals surface area contributed by atoms with E-state index in [0.717, 1.165) is 18.9 Å². The van der Waals surface area contributed by atoms with E-state index in [1.54, 1.807) is 41.3 Å². The lowest BCUT2D eigenvalue weighted by atomic mass is 9.96. The molecule has 2 N–H and O–H groups in total. The lowest BCUT2D eigenvalue weighted by Crippen LogP contribution is -2.58. The number of terminal acetylenes is 1. The minimum Gasteiger partial charge on any atom is -0.497 e. The number of hydrogen-bond acceptors (Lipinski definition) is 12. The zero-order chi connectivity index (χ0) is 47.0. The Morgan fingerprint density at radius 2 is 1.74 bits per heavy atom. The SMILES string of the molecule is C#Cc1c(F)ccc2cccc(-c3ncc(C(=N)N4CC5CCC(C4)N5C(=O)OC(C)(C)C)c(NC(=C)OC)c3F)c12.COc1ccc([N+](=O)[O-])cc1.O=COCC1CCC2CCCN21. The van der Waals surface area contributed by atoms with Gasteiger partial charge in [0.05, 0.1) is 48.0 Å². The Bertz CT molecular complexity index is 2440. The van der Waals surface area contributed by atoms with E-state index in [2.05, 4.69) is 27.7 Å². The summed E-state index contributed by atoms with van der Waals surface area (Å²) in [5, 5.41) is 23.1. The lowest BCUT2D eigenvalue weighted by molar-refractivity contribution is -0.384.